The van der Waals surface area contributed by atoms with Gasteiger partial charge < -0.3 is 9.73 Å². The zero-order valence-electron chi connectivity index (χ0n) is 15.9. The first kappa shape index (κ1) is 18.4. The fourth-order valence-electron chi connectivity index (χ4n) is 3.17. The minimum absolute atomic E-state index is 0.242. The molecule has 1 aliphatic rings. The van der Waals surface area contributed by atoms with Gasteiger partial charge in [0.15, 0.2) is 5.76 Å². The molecule has 3 heterocycles. The van der Waals surface area contributed by atoms with Crippen LogP contribution in [-0.2, 0) is 0 Å². The van der Waals surface area contributed by atoms with Crippen LogP contribution >= 0.6 is 11.3 Å². The topological polar surface area (TPSA) is 110 Å². The van der Waals surface area contributed by atoms with Crippen LogP contribution in [0.1, 0.15) is 52.2 Å². The quantitative estimate of drug-likeness (QED) is 0.473. The minimum atomic E-state index is -0.316. The molecule has 0 aliphatic heterocycles. The number of aromatic amines is 1. The molecule has 0 bridgehead atoms. The Balaban J connectivity index is 1.21. The number of rotatable bonds is 6. The number of nitrogens with one attached hydrogen (secondary N) is 2. The number of tetrazole rings is 1. The summed E-state index contributed by atoms with van der Waals surface area (Å²) in [4.78, 5) is 17.1. The number of carbonyl (C=O) groups excluding carboxylic acids is 1. The second-order valence-electron chi connectivity index (χ2n) is 7.04. The van der Waals surface area contributed by atoms with E-state index in [1.54, 1.807) is 35.6 Å². The lowest BCUT2D eigenvalue weighted by molar-refractivity contribution is 0.0996. The maximum absolute atomic E-state index is 12.5. The monoisotopic (exact) mass is 418 g/mol. The molecular weight excluding hydrogens is 400 g/mol. The highest BCUT2D eigenvalue weighted by molar-refractivity contribution is 7.10. The zero-order valence-corrected chi connectivity index (χ0v) is 16.7. The fraction of sp³-hybridized carbons (Fsp3) is 0.190. The van der Waals surface area contributed by atoms with Gasteiger partial charge in [0.2, 0.25) is 5.82 Å². The van der Waals surface area contributed by atoms with Crippen molar-refractivity contribution in [2.75, 3.05) is 5.32 Å². The number of aromatic nitrogens is 5. The summed E-state index contributed by atoms with van der Waals surface area (Å²) in [7, 11) is 0. The summed E-state index contributed by atoms with van der Waals surface area (Å²) in [6, 6.07) is 10.6. The van der Waals surface area contributed by atoms with E-state index in [9.17, 15) is 4.79 Å². The summed E-state index contributed by atoms with van der Waals surface area (Å²) in [6.07, 6.45) is 7.53. The Bertz CT molecular complexity index is 1170. The van der Waals surface area contributed by atoms with E-state index in [4.69, 9.17) is 4.42 Å². The Morgan fingerprint density at radius 3 is 2.77 bits per heavy atom. The summed E-state index contributed by atoms with van der Waals surface area (Å²) < 4.78 is 5.65. The fourth-order valence-corrected chi connectivity index (χ4v) is 3.96. The molecule has 3 aromatic heterocycles. The van der Waals surface area contributed by atoms with Gasteiger partial charge in [-0.25, -0.2) is 4.98 Å². The molecule has 0 radical (unpaired) electrons. The van der Waals surface area contributed by atoms with E-state index in [1.165, 1.54) is 25.0 Å². The number of hydrogen-bond acceptors (Lipinski definition) is 7. The molecule has 1 saturated carbocycles. The van der Waals surface area contributed by atoms with E-state index in [-0.39, 0.29) is 11.7 Å². The molecule has 150 valence electrons. The Kier molecular flexibility index (Phi) is 4.94. The van der Waals surface area contributed by atoms with Crippen LogP contribution in [0, 0.1) is 0 Å². The van der Waals surface area contributed by atoms with Crippen molar-refractivity contribution in [1.82, 2.24) is 25.6 Å². The molecular formula is C21H18N6O2S. The molecule has 0 saturated heterocycles. The van der Waals surface area contributed by atoms with E-state index < -0.39 is 0 Å². The van der Waals surface area contributed by atoms with E-state index in [1.807, 2.05) is 24.3 Å². The van der Waals surface area contributed by atoms with Crippen molar-refractivity contribution in [3.63, 3.8) is 0 Å². The summed E-state index contributed by atoms with van der Waals surface area (Å²) in [5.74, 6) is 1.65. The van der Waals surface area contributed by atoms with E-state index in [0.717, 1.165) is 10.6 Å². The van der Waals surface area contributed by atoms with Crippen LogP contribution in [0.4, 0.5) is 5.69 Å². The largest absolute Gasteiger partial charge is 0.452 e. The Labute approximate surface area is 176 Å². The number of benzene rings is 1. The SMILES string of the molecule is O=C(Nc1ccc(-c2nn[nH]n2)cc1)c1ccc(C=Cc2nc(C3CCC3)cs2)o1. The first-order chi connectivity index (χ1) is 14.7. The first-order valence-electron chi connectivity index (χ1n) is 9.63. The molecule has 0 atom stereocenters. The van der Waals surface area contributed by atoms with Crippen LogP contribution < -0.4 is 5.32 Å². The van der Waals surface area contributed by atoms with Crippen molar-refractivity contribution in [1.29, 1.82) is 0 Å². The lowest BCUT2D eigenvalue weighted by Gasteiger charge is -2.22. The third-order valence-corrected chi connectivity index (χ3v) is 5.88. The minimum Gasteiger partial charge on any atom is -0.452 e. The van der Waals surface area contributed by atoms with Crippen LogP contribution in [0.3, 0.4) is 0 Å². The van der Waals surface area contributed by atoms with Gasteiger partial charge in [-0.3, -0.25) is 4.79 Å². The molecule has 1 amide bonds. The molecule has 5 rings (SSSR count). The van der Waals surface area contributed by atoms with Gasteiger partial charge in [-0.2, -0.15) is 5.21 Å². The van der Waals surface area contributed by atoms with Crippen molar-refractivity contribution in [2.24, 2.45) is 0 Å². The Morgan fingerprint density at radius 2 is 2.03 bits per heavy atom. The molecule has 1 aromatic carbocycles. The Morgan fingerprint density at radius 1 is 1.17 bits per heavy atom. The highest BCUT2D eigenvalue weighted by atomic mass is 32.1. The van der Waals surface area contributed by atoms with E-state index in [0.29, 0.717) is 23.2 Å². The number of amides is 1. The maximum atomic E-state index is 12.5. The van der Waals surface area contributed by atoms with Crippen molar-refractivity contribution < 1.29 is 9.21 Å². The van der Waals surface area contributed by atoms with Gasteiger partial charge in [-0.15, -0.1) is 21.5 Å². The zero-order chi connectivity index (χ0) is 20.3. The highest BCUT2D eigenvalue weighted by Crippen LogP contribution is 2.36. The third-order valence-electron chi connectivity index (χ3n) is 5.05. The van der Waals surface area contributed by atoms with E-state index >= 15 is 0 Å². The molecule has 9 heteroatoms. The number of carbonyl (C=O) groups is 1. The van der Waals surface area contributed by atoms with Gasteiger partial charge in [0.05, 0.1) is 5.69 Å². The Hall–Kier alpha value is -3.59. The smallest absolute Gasteiger partial charge is 0.291 e. The van der Waals surface area contributed by atoms with Gasteiger partial charge in [-0.1, -0.05) is 6.42 Å². The molecule has 8 nitrogen and oxygen atoms in total. The van der Waals surface area contributed by atoms with Gasteiger partial charge in [0, 0.05) is 22.5 Å². The van der Waals surface area contributed by atoms with Crippen molar-refractivity contribution in [3.05, 3.63) is 64.0 Å². The van der Waals surface area contributed by atoms with Gasteiger partial charge in [0.25, 0.3) is 5.91 Å². The van der Waals surface area contributed by atoms with Gasteiger partial charge in [-0.05, 0) is 66.6 Å². The maximum Gasteiger partial charge on any atom is 0.291 e. The predicted molar refractivity (Wildman–Crippen MR) is 114 cm³/mol. The third kappa shape index (κ3) is 3.92. The number of furan rings is 1. The van der Waals surface area contributed by atoms with Crippen molar-refractivity contribution in [2.45, 2.75) is 25.2 Å². The number of nitrogens with zero attached hydrogens (tertiary/aromatic N) is 4. The number of H-pyrrole nitrogens is 1. The van der Waals surface area contributed by atoms with Crippen LogP contribution in [0.25, 0.3) is 23.5 Å². The molecule has 1 fully saturated rings. The number of anilines is 1. The second kappa shape index (κ2) is 8.03. The van der Waals surface area contributed by atoms with Gasteiger partial charge >= 0.3 is 0 Å². The molecule has 2 N–H and O–H groups in total. The average molecular weight is 418 g/mol. The first-order valence-corrected chi connectivity index (χ1v) is 10.5. The summed E-state index contributed by atoms with van der Waals surface area (Å²) in [5, 5.41) is 19.7. The van der Waals surface area contributed by atoms with Crippen LogP contribution in [0.5, 0.6) is 0 Å². The number of thiazole rings is 1. The molecule has 0 spiro atoms. The van der Waals surface area contributed by atoms with Crippen LogP contribution in [-0.4, -0.2) is 31.5 Å². The number of hydrogen-bond donors (Lipinski definition) is 2. The molecule has 1 aliphatic carbocycles. The predicted octanol–water partition coefficient (Wildman–Crippen LogP) is 4.61. The lowest BCUT2D eigenvalue weighted by atomic mass is 9.83. The normalized spacial score (nSPS) is 14.1. The second-order valence-corrected chi connectivity index (χ2v) is 7.93. The summed E-state index contributed by atoms with van der Waals surface area (Å²) >= 11 is 1.63. The highest BCUT2D eigenvalue weighted by Gasteiger charge is 2.21. The van der Waals surface area contributed by atoms with E-state index in [2.05, 4.69) is 36.3 Å². The average Bonchev–Trinajstić information content (AvgIpc) is 3.47. The standard InChI is InChI=1S/C21H18N6O2S/c28-21(22-15-6-4-14(5-7-15)20-24-26-27-25-20)18-10-8-16(29-18)9-11-19-23-17(12-30-19)13-2-1-3-13/h4-13H,1-3H2,(H,22,28)(H,24,25,26,27). The van der Waals surface area contributed by atoms with Crippen LogP contribution in [0.2, 0.25) is 0 Å². The van der Waals surface area contributed by atoms with Crippen LogP contribution in [0.15, 0.2) is 46.2 Å². The van der Waals surface area contributed by atoms with Crippen molar-refractivity contribution in [3.8, 4) is 11.4 Å². The van der Waals surface area contributed by atoms with Gasteiger partial charge in [0.1, 0.15) is 10.8 Å². The molecule has 0 unspecified atom stereocenters. The molecule has 30 heavy (non-hydrogen) atoms. The summed E-state index contributed by atoms with van der Waals surface area (Å²) in [6.45, 7) is 0. The summed E-state index contributed by atoms with van der Waals surface area (Å²) in [5.41, 5.74) is 2.64. The lowest BCUT2D eigenvalue weighted by Crippen LogP contribution is -2.10. The molecule has 4 aromatic rings. The van der Waals surface area contributed by atoms with Crippen molar-refractivity contribution >= 4 is 35.1 Å².